The molecule has 5 heteroatoms. The van der Waals surface area contributed by atoms with Crippen molar-refractivity contribution in [1.82, 2.24) is 0 Å². The molecular formula is C24H34F3NO. The van der Waals surface area contributed by atoms with E-state index in [4.69, 9.17) is 0 Å². The molecule has 1 aliphatic heterocycles. The lowest BCUT2D eigenvalue weighted by Crippen LogP contribution is -2.42. The normalized spacial score (nSPS) is 20.2. The second kappa shape index (κ2) is 9.01. The Labute approximate surface area is 172 Å². The van der Waals surface area contributed by atoms with E-state index in [2.05, 4.69) is 11.5 Å². The summed E-state index contributed by atoms with van der Waals surface area (Å²) in [7, 11) is 0. The number of nitrogens with zero attached hydrogens (tertiary/aromatic N) is 1. The lowest BCUT2D eigenvalue weighted by atomic mass is 9.65. The van der Waals surface area contributed by atoms with Crippen LogP contribution >= 0.6 is 0 Å². The molecule has 0 atom stereocenters. The van der Waals surface area contributed by atoms with Gasteiger partial charge in [0.2, 0.25) is 0 Å². The molecule has 1 aromatic carbocycles. The Morgan fingerprint density at radius 2 is 1.83 bits per heavy atom. The highest BCUT2D eigenvalue weighted by Gasteiger charge is 2.38. The van der Waals surface area contributed by atoms with Crippen LogP contribution in [0.4, 0.5) is 18.9 Å². The second-order valence-electron chi connectivity index (χ2n) is 9.30. The molecule has 1 N–H and O–H groups in total. The van der Waals surface area contributed by atoms with Crippen LogP contribution in [0.5, 0.6) is 0 Å². The van der Waals surface area contributed by atoms with Gasteiger partial charge in [-0.25, -0.2) is 0 Å². The Morgan fingerprint density at radius 3 is 2.41 bits per heavy atom. The van der Waals surface area contributed by atoms with Gasteiger partial charge in [0.25, 0.3) is 0 Å². The Hall–Kier alpha value is -1.65. The summed E-state index contributed by atoms with van der Waals surface area (Å²) >= 11 is 0. The maximum Gasteiger partial charge on any atom is 0.393 e. The predicted molar refractivity (Wildman–Crippen MR) is 112 cm³/mol. The van der Waals surface area contributed by atoms with Gasteiger partial charge < -0.3 is 10.0 Å². The first-order valence-corrected chi connectivity index (χ1v) is 10.9. The molecule has 162 valence electrons. The first-order chi connectivity index (χ1) is 13.7. The maximum absolute atomic E-state index is 12.8. The molecule has 29 heavy (non-hydrogen) atoms. The first kappa shape index (κ1) is 22.0. The number of alkyl halides is 3. The van der Waals surface area contributed by atoms with Crippen LogP contribution in [0.3, 0.4) is 0 Å². The molecular weight excluding hydrogens is 375 g/mol. The first-order valence-electron chi connectivity index (χ1n) is 10.9. The number of halogens is 3. The zero-order valence-corrected chi connectivity index (χ0v) is 17.5. The van der Waals surface area contributed by atoms with Crippen molar-refractivity contribution in [2.75, 3.05) is 18.0 Å². The molecule has 0 aromatic heterocycles. The van der Waals surface area contributed by atoms with Crippen LogP contribution in [0.1, 0.15) is 68.9 Å². The lowest BCUT2D eigenvalue weighted by Gasteiger charge is -2.47. The Kier molecular flexibility index (Phi) is 6.85. The number of hydrogen-bond donors (Lipinski definition) is 1. The van der Waals surface area contributed by atoms with E-state index in [1.165, 1.54) is 32.1 Å². The average molecular weight is 410 g/mol. The standard InChI is InChI=1S/C24H34F3NO/c1-18-6-7-21(17-24(25,26)27)16-22(18)28-14-12-23(13-15-28)10-8-20(9-11-23)5-3-4-19(2)29/h6-7,16,20,29H,2-5,8-15,17H2,1H3. The molecule has 0 bridgehead atoms. The number of aliphatic hydroxyl groups is 1. The van der Waals surface area contributed by atoms with Crippen molar-refractivity contribution in [3.63, 3.8) is 0 Å². The smallest absolute Gasteiger partial charge is 0.393 e. The van der Waals surface area contributed by atoms with Crippen molar-refractivity contribution in [3.8, 4) is 0 Å². The van der Waals surface area contributed by atoms with Gasteiger partial charge in [0.15, 0.2) is 0 Å². The number of benzene rings is 1. The summed E-state index contributed by atoms with van der Waals surface area (Å²) in [5.41, 5.74) is 2.80. The van der Waals surface area contributed by atoms with E-state index in [9.17, 15) is 18.3 Å². The fourth-order valence-corrected chi connectivity index (χ4v) is 5.23. The molecule has 0 radical (unpaired) electrons. The summed E-state index contributed by atoms with van der Waals surface area (Å²) in [4.78, 5) is 2.29. The van der Waals surface area contributed by atoms with Crippen LogP contribution in [0.2, 0.25) is 0 Å². The van der Waals surface area contributed by atoms with Gasteiger partial charge in [0, 0.05) is 25.2 Å². The molecule has 1 aliphatic carbocycles. The lowest BCUT2D eigenvalue weighted by molar-refractivity contribution is -0.127. The van der Waals surface area contributed by atoms with E-state index in [-0.39, 0.29) is 0 Å². The molecule has 1 heterocycles. The minimum absolute atomic E-state index is 0.291. The summed E-state index contributed by atoms with van der Waals surface area (Å²) in [6.45, 7) is 7.42. The summed E-state index contributed by atoms with van der Waals surface area (Å²) < 4.78 is 38.3. The highest BCUT2D eigenvalue weighted by molar-refractivity contribution is 5.55. The molecule has 1 aromatic rings. The van der Waals surface area contributed by atoms with E-state index in [0.29, 0.717) is 23.2 Å². The third-order valence-corrected chi connectivity index (χ3v) is 7.09. The monoisotopic (exact) mass is 409 g/mol. The fraction of sp³-hybridized carbons (Fsp3) is 0.667. The molecule has 2 nitrogen and oxygen atoms in total. The molecule has 3 rings (SSSR count). The minimum atomic E-state index is -4.17. The Bertz CT molecular complexity index is 695. The van der Waals surface area contributed by atoms with E-state index < -0.39 is 12.6 Å². The Balaban J connectivity index is 1.53. The molecule has 2 fully saturated rings. The Morgan fingerprint density at radius 1 is 1.17 bits per heavy atom. The zero-order chi connectivity index (χ0) is 21.1. The summed E-state index contributed by atoms with van der Waals surface area (Å²) in [5.74, 6) is 1.05. The number of rotatable bonds is 6. The van der Waals surface area contributed by atoms with Crippen LogP contribution in [-0.4, -0.2) is 24.4 Å². The van der Waals surface area contributed by atoms with Crippen molar-refractivity contribution < 1.29 is 18.3 Å². The zero-order valence-electron chi connectivity index (χ0n) is 17.5. The van der Waals surface area contributed by atoms with Crippen molar-refractivity contribution in [1.29, 1.82) is 0 Å². The van der Waals surface area contributed by atoms with Crippen molar-refractivity contribution in [2.45, 2.75) is 77.3 Å². The van der Waals surface area contributed by atoms with Crippen LogP contribution in [-0.2, 0) is 6.42 Å². The molecule has 1 saturated heterocycles. The van der Waals surface area contributed by atoms with Crippen molar-refractivity contribution >= 4 is 5.69 Å². The number of aryl methyl sites for hydroxylation is 1. The predicted octanol–water partition coefficient (Wildman–Crippen LogP) is 7.12. The van der Waals surface area contributed by atoms with Crippen molar-refractivity contribution in [3.05, 3.63) is 41.7 Å². The topological polar surface area (TPSA) is 23.5 Å². The van der Waals surface area contributed by atoms with Gasteiger partial charge in [-0.05, 0) is 80.4 Å². The molecule has 2 aliphatic rings. The molecule has 0 amide bonds. The summed E-state index contributed by atoms with van der Waals surface area (Å²) in [5, 5.41) is 9.24. The molecule has 1 spiro atoms. The number of piperidine rings is 1. The van der Waals surface area contributed by atoms with E-state index >= 15 is 0 Å². The van der Waals surface area contributed by atoms with Crippen LogP contribution in [0, 0.1) is 18.3 Å². The van der Waals surface area contributed by atoms with Crippen LogP contribution in [0.15, 0.2) is 30.5 Å². The van der Waals surface area contributed by atoms with Gasteiger partial charge in [-0.15, -0.1) is 0 Å². The molecule has 1 saturated carbocycles. The quantitative estimate of drug-likeness (QED) is 0.506. The number of anilines is 1. The van der Waals surface area contributed by atoms with Gasteiger partial charge in [0.1, 0.15) is 0 Å². The molecule has 0 unspecified atom stereocenters. The van der Waals surface area contributed by atoms with E-state index in [1.54, 1.807) is 12.1 Å². The van der Waals surface area contributed by atoms with E-state index in [0.717, 1.165) is 49.5 Å². The number of allylic oxidation sites excluding steroid dienone is 1. The van der Waals surface area contributed by atoms with Gasteiger partial charge in [-0.2, -0.15) is 13.2 Å². The van der Waals surface area contributed by atoms with Crippen molar-refractivity contribution in [2.24, 2.45) is 11.3 Å². The largest absolute Gasteiger partial charge is 0.513 e. The van der Waals surface area contributed by atoms with Gasteiger partial charge in [-0.3, -0.25) is 0 Å². The summed E-state index contributed by atoms with van der Waals surface area (Å²) in [6.07, 6.45) is 5.20. The maximum atomic E-state index is 12.8. The minimum Gasteiger partial charge on any atom is -0.513 e. The highest BCUT2D eigenvalue weighted by atomic mass is 19.4. The third-order valence-electron chi connectivity index (χ3n) is 7.09. The highest BCUT2D eigenvalue weighted by Crippen LogP contribution is 2.48. The second-order valence-corrected chi connectivity index (χ2v) is 9.30. The van der Waals surface area contributed by atoms with Gasteiger partial charge in [-0.1, -0.05) is 25.1 Å². The SMILES string of the molecule is C=C(O)CCCC1CCC2(CC1)CCN(c1cc(CC(F)(F)F)ccc1C)CC2. The van der Waals surface area contributed by atoms with Crippen LogP contribution < -0.4 is 4.90 Å². The van der Waals surface area contributed by atoms with Crippen LogP contribution in [0.25, 0.3) is 0 Å². The number of hydrogen-bond acceptors (Lipinski definition) is 2. The van der Waals surface area contributed by atoms with Gasteiger partial charge >= 0.3 is 6.18 Å². The van der Waals surface area contributed by atoms with E-state index in [1.807, 2.05) is 13.0 Å². The fourth-order valence-electron chi connectivity index (χ4n) is 5.23. The number of aliphatic hydroxyl groups excluding tert-OH is 1. The summed E-state index contributed by atoms with van der Waals surface area (Å²) in [6, 6.07) is 5.17. The third kappa shape index (κ3) is 6.16. The average Bonchev–Trinajstić information content (AvgIpc) is 2.65. The van der Waals surface area contributed by atoms with Gasteiger partial charge in [0.05, 0.1) is 12.2 Å².